The highest BCUT2D eigenvalue weighted by Crippen LogP contribution is 2.30. The van der Waals surface area contributed by atoms with Gasteiger partial charge in [0.2, 0.25) is 5.95 Å². The van der Waals surface area contributed by atoms with Crippen molar-refractivity contribution < 1.29 is 13.4 Å². The van der Waals surface area contributed by atoms with E-state index in [1.165, 1.54) is 6.07 Å². The SMILES string of the molecule is CS(=O)c1cn(-c2ncc(-c3ccccc3F)cn2)c2cc(C(=O)N3CC4CCC3CN4)ccc12. The Bertz CT molecular complexity index is 1460. The van der Waals surface area contributed by atoms with Crippen LogP contribution in [0.15, 0.2) is 66.0 Å². The number of piperazine rings is 1. The average molecular weight is 490 g/mol. The Morgan fingerprint density at radius 1 is 1.14 bits per heavy atom. The quantitative estimate of drug-likeness (QED) is 0.474. The van der Waals surface area contributed by atoms with Gasteiger partial charge in [0.05, 0.1) is 21.2 Å². The molecular formula is C26H24FN5O2S. The number of aromatic nitrogens is 3. The monoisotopic (exact) mass is 489 g/mol. The number of piperidine rings is 2. The molecule has 0 saturated carbocycles. The molecule has 35 heavy (non-hydrogen) atoms. The molecule has 5 heterocycles. The summed E-state index contributed by atoms with van der Waals surface area (Å²) in [6.45, 7) is 1.55. The second-order valence-electron chi connectivity index (χ2n) is 9.09. The Balaban J connectivity index is 1.40. The summed E-state index contributed by atoms with van der Waals surface area (Å²) in [6, 6.07) is 12.5. The van der Waals surface area contributed by atoms with E-state index < -0.39 is 10.8 Å². The molecule has 7 nitrogen and oxygen atoms in total. The fourth-order valence-corrected chi connectivity index (χ4v) is 5.86. The minimum Gasteiger partial charge on any atom is -0.333 e. The molecule has 7 rings (SSSR count). The van der Waals surface area contributed by atoms with E-state index in [2.05, 4.69) is 15.3 Å². The van der Waals surface area contributed by atoms with Crippen molar-refractivity contribution in [3.05, 3.63) is 72.4 Å². The highest BCUT2D eigenvalue weighted by molar-refractivity contribution is 7.84. The predicted octanol–water partition coefficient (Wildman–Crippen LogP) is 3.54. The zero-order chi connectivity index (χ0) is 24.1. The van der Waals surface area contributed by atoms with Gasteiger partial charge in [-0.2, -0.15) is 0 Å². The van der Waals surface area contributed by atoms with E-state index >= 15 is 0 Å². The second-order valence-corrected chi connectivity index (χ2v) is 10.4. The summed E-state index contributed by atoms with van der Waals surface area (Å²) in [7, 11) is -1.25. The molecule has 3 unspecified atom stereocenters. The molecule has 1 amide bonds. The van der Waals surface area contributed by atoms with E-state index in [1.54, 1.807) is 47.6 Å². The molecule has 3 saturated heterocycles. The first kappa shape index (κ1) is 22.1. The third kappa shape index (κ3) is 3.84. The van der Waals surface area contributed by atoms with E-state index in [0.717, 1.165) is 24.8 Å². The summed E-state index contributed by atoms with van der Waals surface area (Å²) < 4.78 is 28.4. The number of nitrogens with zero attached hydrogens (tertiary/aromatic N) is 4. The van der Waals surface area contributed by atoms with Crippen LogP contribution in [-0.2, 0) is 10.8 Å². The van der Waals surface area contributed by atoms with Gasteiger partial charge in [0.1, 0.15) is 5.82 Å². The highest BCUT2D eigenvalue weighted by atomic mass is 32.2. The van der Waals surface area contributed by atoms with Crippen LogP contribution in [-0.4, -0.2) is 61.0 Å². The van der Waals surface area contributed by atoms with Gasteiger partial charge >= 0.3 is 0 Å². The van der Waals surface area contributed by atoms with Crippen molar-refractivity contribution in [2.75, 3.05) is 19.3 Å². The van der Waals surface area contributed by atoms with E-state index in [1.807, 2.05) is 23.1 Å². The predicted molar refractivity (Wildman–Crippen MR) is 132 cm³/mol. The van der Waals surface area contributed by atoms with Crippen LogP contribution < -0.4 is 5.32 Å². The van der Waals surface area contributed by atoms with Crippen LogP contribution in [0.2, 0.25) is 0 Å². The van der Waals surface area contributed by atoms with Crippen molar-refractivity contribution in [3.63, 3.8) is 0 Å². The zero-order valence-electron chi connectivity index (χ0n) is 19.1. The number of rotatable bonds is 4. The van der Waals surface area contributed by atoms with Gasteiger partial charge in [-0.1, -0.05) is 24.3 Å². The van der Waals surface area contributed by atoms with Gasteiger partial charge in [0, 0.05) is 72.1 Å². The molecule has 3 aliphatic heterocycles. The van der Waals surface area contributed by atoms with Crippen LogP contribution in [0, 0.1) is 5.82 Å². The first-order valence-electron chi connectivity index (χ1n) is 11.6. The van der Waals surface area contributed by atoms with Crippen molar-refractivity contribution >= 4 is 27.6 Å². The first-order chi connectivity index (χ1) is 17.0. The minimum atomic E-state index is -1.25. The fraction of sp³-hybridized carbons (Fsp3) is 0.269. The van der Waals surface area contributed by atoms with Crippen molar-refractivity contribution in [2.24, 2.45) is 0 Å². The molecular weight excluding hydrogens is 465 g/mol. The molecule has 2 aromatic carbocycles. The molecule has 3 aliphatic rings. The number of hydrogen-bond acceptors (Lipinski definition) is 5. The maximum absolute atomic E-state index is 14.2. The summed E-state index contributed by atoms with van der Waals surface area (Å²) in [5.74, 6) is 0.0205. The molecule has 178 valence electrons. The summed E-state index contributed by atoms with van der Waals surface area (Å²) >= 11 is 0. The van der Waals surface area contributed by atoms with Gasteiger partial charge in [0.15, 0.2) is 0 Å². The molecule has 2 bridgehead atoms. The standard InChI is InChI=1S/C26H24FN5O2S/c1-35(34)24-15-32(26-29-11-17(12-30-26)20-4-2-3-5-22(20)27)23-10-16(6-9-21(23)24)25(33)31-14-18-7-8-19(31)13-28-18/h2-6,9-12,15,18-19,28H,7-8,13-14H2,1H3. The van der Waals surface area contributed by atoms with Gasteiger partial charge in [0.25, 0.3) is 5.91 Å². The van der Waals surface area contributed by atoms with Crippen molar-refractivity contribution in [3.8, 4) is 17.1 Å². The molecule has 3 fully saturated rings. The zero-order valence-corrected chi connectivity index (χ0v) is 20.0. The van der Waals surface area contributed by atoms with Gasteiger partial charge in [-0.3, -0.25) is 13.6 Å². The number of amides is 1. The highest BCUT2D eigenvalue weighted by Gasteiger charge is 2.36. The second kappa shape index (κ2) is 8.66. The lowest BCUT2D eigenvalue weighted by atomic mass is 9.92. The molecule has 0 spiro atoms. The van der Waals surface area contributed by atoms with E-state index in [0.29, 0.717) is 45.6 Å². The third-order valence-electron chi connectivity index (χ3n) is 6.97. The van der Waals surface area contributed by atoms with Crippen LogP contribution in [0.5, 0.6) is 0 Å². The van der Waals surface area contributed by atoms with Crippen molar-refractivity contribution in [1.82, 2.24) is 24.8 Å². The van der Waals surface area contributed by atoms with E-state index in [9.17, 15) is 13.4 Å². The van der Waals surface area contributed by atoms with E-state index in [4.69, 9.17) is 0 Å². The fourth-order valence-electron chi connectivity index (χ4n) is 5.13. The molecule has 0 aliphatic carbocycles. The maximum Gasteiger partial charge on any atom is 0.254 e. The van der Waals surface area contributed by atoms with Gasteiger partial charge in [-0.05, 0) is 31.0 Å². The number of fused-ring (bicyclic) bond motifs is 4. The lowest BCUT2D eigenvalue weighted by Gasteiger charge is -2.46. The molecule has 1 N–H and O–H groups in total. The summed E-state index contributed by atoms with van der Waals surface area (Å²) in [5, 5.41) is 4.26. The topological polar surface area (TPSA) is 80.1 Å². The Morgan fingerprint density at radius 2 is 1.94 bits per heavy atom. The first-order valence-corrected chi connectivity index (χ1v) is 13.2. The largest absolute Gasteiger partial charge is 0.333 e. The Morgan fingerprint density at radius 3 is 2.60 bits per heavy atom. The Hall–Kier alpha value is -3.43. The van der Waals surface area contributed by atoms with Gasteiger partial charge < -0.3 is 10.2 Å². The van der Waals surface area contributed by atoms with Crippen molar-refractivity contribution in [2.45, 2.75) is 29.8 Å². The average Bonchev–Trinajstić information content (AvgIpc) is 3.28. The normalized spacial score (nSPS) is 20.3. The summed E-state index contributed by atoms with van der Waals surface area (Å²) in [5.41, 5.74) is 2.28. The maximum atomic E-state index is 14.2. The Kier molecular flexibility index (Phi) is 5.46. The lowest BCUT2D eigenvalue weighted by Crippen LogP contribution is -2.62. The number of carbonyl (C=O) groups excluding carboxylic acids is 1. The van der Waals surface area contributed by atoms with Crippen LogP contribution in [0.3, 0.4) is 0 Å². The third-order valence-corrected chi connectivity index (χ3v) is 7.92. The molecule has 3 atom stereocenters. The molecule has 0 radical (unpaired) electrons. The molecule has 2 aromatic heterocycles. The molecule has 9 heteroatoms. The molecule has 4 aromatic rings. The summed E-state index contributed by atoms with van der Waals surface area (Å²) in [4.78, 5) is 25.0. The van der Waals surface area contributed by atoms with Gasteiger partial charge in [-0.25, -0.2) is 14.4 Å². The Labute approximate surface area is 204 Å². The van der Waals surface area contributed by atoms with E-state index in [-0.39, 0.29) is 17.8 Å². The van der Waals surface area contributed by atoms with Crippen LogP contribution >= 0.6 is 0 Å². The number of carbonyl (C=O) groups is 1. The summed E-state index contributed by atoms with van der Waals surface area (Å²) in [6.07, 6.45) is 8.63. The minimum absolute atomic E-state index is 0.00541. The van der Waals surface area contributed by atoms with Crippen LogP contribution in [0.25, 0.3) is 28.0 Å². The number of hydrogen-bond donors (Lipinski definition) is 1. The number of halogens is 1. The lowest BCUT2D eigenvalue weighted by molar-refractivity contribution is 0.0441. The van der Waals surface area contributed by atoms with Gasteiger partial charge in [-0.15, -0.1) is 0 Å². The van der Waals surface area contributed by atoms with Crippen LogP contribution in [0.4, 0.5) is 4.39 Å². The van der Waals surface area contributed by atoms with Crippen LogP contribution in [0.1, 0.15) is 23.2 Å². The number of nitrogens with one attached hydrogen (secondary N) is 1. The van der Waals surface area contributed by atoms with Crippen molar-refractivity contribution in [1.29, 1.82) is 0 Å². The smallest absolute Gasteiger partial charge is 0.254 e. The number of benzene rings is 2.